The molecule has 5 heteroatoms. The quantitative estimate of drug-likeness (QED) is 0.725. The maximum atomic E-state index is 6.11. The molecule has 108 valence electrons. The van der Waals surface area contributed by atoms with Crippen LogP contribution in [0, 0.1) is 0 Å². The van der Waals surface area contributed by atoms with Crippen LogP contribution in [-0.4, -0.2) is 27.8 Å². The Balaban J connectivity index is 1.74. The van der Waals surface area contributed by atoms with Gasteiger partial charge in [0.2, 0.25) is 0 Å². The molecule has 0 aromatic heterocycles. The summed E-state index contributed by atoms with van der Waals surface area (Å²) in [6, 6.07) is 8.71. The number of rotatable bonds is 2. The molecule has 2 fully saturated rings. The van der Waals surface area contributed by atoms with Crippen molar-refractivity contribution >= 4 is 45.6 Å². The Morgan fingerprint density at radius 1 is 1.20 bits per heavy atom. The molecule has 1 saturated carbocycles. The molecule has 0 radical (unpaired) electrons. The third-order valence-electron chi connectivity index (χ3n) is 4.11. The third-order valence-corrected chi connectivity index (χ3v) is 5.85. The highest BCUT2D eigenvalue weighted by Gasteiger charge is 2.28. The van der Waals surface area contributed by atoms with Crippen LogP contribution in [0.25, 0.3) is 0 Å². The van der Waals surface area contributed by atoms with E-state index < -0.39 is 0 Å². The molecular formula is C15H19ClN2S2. The monoisotopic (exact) mass is 326 g/mol. The molecule has 1 aliphatic carbocycles. The first-order valence-corrected chi connectivity index (χ1v) is 8.95. The number of hydrogen-bond donors (Lipinski definition) is 0. The first kappa shape index (κ1) is 14.6. The summed E-state index contributed by atoms with van der Waals surface area (Å²) >= 11 is 13.4. The Labute approximate surface area is 135 Å². The number of halogens is 1. The van der Waals surface area contributed by atoms with Gasteiger partial charge in [0.05, 0.1) is 12.5 Å². The molecule has 0 amide bonds. The summed E-state index contributed by atoms with van der Waals surface area (Å²) in [6.45, 7) is 0.900. The second-order valence-corrected chi connectivity index (χ2v) is 7.48. The lowest BCUT2D eigenvalue weighted by Gasteiger charge is -2.42. The van der Waals surface area contributed by atoms with Crippen molar-refractivity contribution < 1.29 is 0 Å². The van der Waals surface area contributed by atoms with Crippen molar-refractivity contribution in [1.82, 2.24) is 4.90 Å². The van der Waals surface area contributed by atoms with Crippen LogP contribution in [-0.2, 0) is 0 Å². The second-order valence-electron chi connectivity index (χ2n) is 5.47. The van der Waals surface area contributed by atoms with Crippen LogP contribution in [0.1, 0.15) is 32.1 Å². The maximum absolute atomic E-state index is 6.11. The van der Waals surface area contributed by atoms with Crippen LogP contribution in [0.3, 0.4) is 0 Å². The summed E-state index contributed by atoms with van der Waals surface area (Å²) < 4.78 is 0.958. The topological polar surface area (TPSA) is 6.48 Å². The second kappa shape index (κ2) is 6.65. The molecule has 1 saturated heterocycles. The predicted octanol–water partition coefficient (Wildman–Crippen LogP) is 4.73. The minimum atomic E-state index is 0.723. The van der Waals surface area contributed by atoms with Gasteiger partial charge in [-0.05, 0) is 31.0 Å². The van der Waals surface area contributed by atoms with E-state index in [2.05, 4.69) is 15.9 Å². The van der Waals surface area contributed by atoms with Gasteiger partial charge in [0.25, 0.3) is 0 Å². The minimum absolute atomic E-state index is 0.723. The van der Waals surface area contributed by atoms with Crippen LogP contribution in [0.15, 0.2) is 24.3 Å². The zero-order valence-corrected chi connectivity index (χ0v) is 13.8. The fourth-order valence-corrected chi connectivity index (χ4v) is 4.39. The molecule has 0 bridgehead atoms. The smallest absolute Gasteiger partial charge is 0.143 e. The third kappa shape index (κ3) is 3.30. The van der Waals surface area contributed by atoms with Crippen molar-refractivity contribution in [1.29, 1.82) is 0 Å². The Morgan fingerprint density at radius 3 is 2.75 bits per heavy atom. The van der Waals surface area contributed by atoms with Gasteiger partial charge < -0.3 is 4.90 Å². The van der Waals surface area contributed by atoms with E-state index >= 15 is 0 Å². The molecule has 0 N–H and O–H groups in total. The molecule has 0 unspecified atom stereocenters. The highest BCUT2D eigenvalue weighted by Crippen LogP contribution is 2.31. The SMILES string of the molecule is S=C1SCN(C2CCCCC2)CN1c1cccc(Cl)c1. The van der Waals surface area contributed by atoms with Crippen LogP contribution in [0.4, 0.5) is 5.69 Å². The van der Waals surface area contributed by atoms with E-state index in [9.17, 15) is 0 Å². The Morgan fingerprint density at radius 2 is 2.00 bits per heavy atom. The fraction of sp³-hybridized carbons (Fsp3) is 0.533. The van der Waals surface area contributed by atoms with E-state index in [4.69, 9.17) is 23.8 Å². The summed E-state index contributed by atoms with van der Waals surface area (Å²) in [6.07, 6.45) is 6.79. The summed E-state index contributed by atoms with van der Waals surface area (Å²) in [5, 5.41) is 0.769. The van der Waals surface area contributed by atoms with Crippen molar-refractivity contribution in [3.8, 4) is 0 Å². The zero-order chi connectivity index (χ0) is 13.9. The van der Waals surface area contributed by atoms with Gasteiger partial charge in [-0.3, -0.25) is 4.90 Å². The lowest BCUT2D eigenvalue weighted by Crippen LogP contribution is -2.49. The summed E-state index contributed by atoms with van der Waals surface area (Å²) in [4.78, 5) is 4.78. The molecular weight excluding hydrogens is 308 g/mol. The van der Waals surface area contributed by atoms with Crippen molar-refractivity contribution in [3.63, 3.8) is 0 Å². The maximum Gasteiger partial charge on any atom is 0.143 e. The Bertz CT molecular complexity index is 489. The van der Waals surface area contributed by atoms with E-state index in [0.717, 1.165) is 33.6 Å². The van der Waals surface area contributed by atoms with Gasteiger partial charge in [0.1, 0.15) is 4.32 Å². The van der Waals surface area contributed by atoms with E-state index in [1.165, 1.54) is 32.1 Å². The highest BCUT2D eigenvalue weighted by molar-refractivity contribution is 8.23. The van der Waals surface area contributed by atoms with Gasteiger partial charge in [-0.25, -0.2) is 0 Å². The van der Waals surface area contributed by atoms with Gasteiger partial charge in [0.15, 0.2) is 0 Å². The lowest BCUT2D eigenvalue weighted by molar-refractivity contribution is 0.187. The van der Waals surface area contributed by atoms with E-state index in [0.29, 0.717) is 0 Å². The Hall–Kier alpha value is -0.290. The number of benzene rings is 1. The average molecular weight is 327 g/mol. The summed E-state index contributed by atoms with van der Waals surface area (Å²) in [7, 11) is 0. The number of anilines is 1. The van der Waals surface area contributed by atoms with Crippen LogP contribution in [0.2, 0.25) is 5.02 Å². The molecule has 0 atom stereocenters. The Kier molecular flexibility index (Phi) is 4.87. The van der Waals surface area contributed by atoms with E-state index in [1.54, 1.807) is 11.8 Å². The fourth-order valence-electron chi connectivity index (χ4n) is 2.99. The van der Waals surface area contributed by atoms with Crippen LogP contribution in [0.5, 0.6) is 0 Å². The zero-order valence-electron chi connectivity index (χ0n) is 11.4. The standard InChI is InChI=1S/C15H19ClN2S2/c16-12-5-4-8-14(9-12)18-10-17(11-20-15(18)19)13-6-2-1-3-7-13/h4-5,8-9,13H,1-3,6-7,10-11H2. The van der Waals surface area contributed by atoms with Crippen LogP contribution < -0.4 is 4.90 Å². The highest BCUT2D eigenvalue weighted by atomic mass is 35.5. The van der Waals surface area contributed by atoms with Crippen LogP contribution >= 0.6 is 35.6 Å². The summed E-state index contributed by atoms with van der Waals surface area (Å²) in [5.74, 6) is 1.03. The van der Waals surface area contributed by atoms with Gasteiger partial charge >= 0.3 is 0 Å². The lowest BCUT2D eigenvalue weighted by atomic mass is 9.95. The number of nitrogens with zero attached hydrogens (tertiary/aromatic N) is 2. The summed E-state index contributed by atoms with van der Waals surface area (Å²) in [5.41, 5.74) is 1.11. The van der Waals surface area contributed by atoms with Gasteiger partial charge in [-0.1, -0.05) is 60.9 Å². The first-order valence-electron chi connectivity index (χ1n) is 7.18. The minimum Gasteiger partial charge on any atom is -0.314 e. The number of thioether (sulfide) groups is 1. The normalized spacial score (nSPS) is 22.2. The molecule has 3 rings (SSSR count). The number of hydrogen-bond acceptors (Lipinski definition) is 3. The molecule has 1 aliphatic heterocycles. The van der Waals surface area contributed by atoms with Crippen molar-refractivity contribution in [3.05, 3.63) is 29.3 Å². The van der Waals surface area contributed by atoms with Crippen molar-refractivity contribution in [2.45, 2.75) is 38.1 Å². The molecule has 20 heavy (non-hydrogen) atoms. The van der Waals surface area contributed by atoms with Gasteiger partial charge in [-0.15, -0.1) is 0 Å². The average Bonchev–Trinajstić information content (AvgIpc) is 2.48. The molecule has 1 heterocycles. The predicted molar refractivity (Wildman–Crippen MR) is 92.6 cm³/mol. The van der Waals surface area contributed by atoms with E-state index in [-0.39, 0.29) is 0 Å². The van der Waals surface area contributed by atoms with Crippen molar-refractivity contribution in [2.75, 3.05) is 17.4 Å². The molecule has 0 spiro atoms. The van der Waals surface area contributed by atoms with Gasteiger partial charge in [-0.2, -0.15) is 0 Å². The van der Waals surface area contributed by atoms with Gasteiger partial charge in [0, 0.05) is 16.8 Å². The number of thiocarbonyl (C=S) groups is 1. The van der Waals surface area contributed by atoms with E-state index in [1.807, 2.05) is 18.2 Å². The molecule has 1 aromatic rings. The molecule has 2 aliphatic rings. The molecule has 2 nitrogen and oxygen atoms in total. The largest absolute Gasteiger partial charge is 0.314 e. The molecule has 1 aromatic carbocycles. The first-order chi connectivity index (χ1) is 9.74. The van der Waals surface area contributed by atoms with Crippen molar-refractivity contribution in [2.24, 2.45) is 0 Å².